The molecule has 0 radical (unpaired) electrons. The second-order valence-corrected chi connectivity index (χ2v) is 14.2. The number of benzene rings is 5. The van der Waals surface area contributed by atoms with E-state index in [1.54, 1.807) is 0 Å². The Morgan fingerprint density at radius 3 is 1.38 bits per heavy atom. The quantitative estimate of drug-likeness (QED) is 0.285. The molecule has 2 aliphatic rings. The van der Waals surface area contributed by atoms with Crippen molar-refractivity contribution in [1.82, 2.24) is 0 Å². The van der Waals surface area contributed by atoms with Gasteiger partial charge in [-0.05, 0) is 0 Å². The first-order valence-corrected chi connectivity index (χ1v) is 15.1. The second-order valence-electron chi connectivity index (χ2n) is 8.58. The Morgan fingerprint density at radius 2 is 0.882 bits per heavy atom. The fraction of sp³-hybridized carbons (Fsp3) is 0. The normalized spacial score (nSPS) is 12.5. The van der Waals surface area contributed by atoms with Crippen LogP contribution in [0.3, 0.4) is 0 Å². The Morgan fingerprint density at radius 1 is 0.441 bits per heavy atom. The van der Waals surface area contributed by atoms with E-state index in [0.717, 1.165) is 40.1 Å². The third-order valence-electron chi connectivity index (χ3n) is 6.56. The number of nitrogens with zero attached hydrogens (tertiary/aromatic N) is 1. The fourth-order valence-electron chi connectivity index (χ4n) is 5.11. The molecule has 0 aromatic heterocycles. The molecule has 2 heterocycles. The van der Waals surface area contributed by atoms with Gasteiger partial charge in [-0.2, -0.15) is 0 Å². The van der Waals surface area contributed by atoms with Crippen LogP contribution >= 0.6 is 0 Å². The van der Waals surface area contributed by atoms with Crippen LogP contribution in [0.15, 0.2) is 121 Å². The minimum atomic E-state index is -2.35. The molecule has 5 aromatic rings. The maximum absolute atomic E-state index is 6.54. The van der Waals surface area contributed by atoms with Crippen molar-refractivity contribution in [3.05, 3.63) is 121 Å². The SMILES string of the molecule is c1ccc(N(c2ccccc2)c2cc3[c]4c(c2)Oc2cccc[c]2[Ga]4[c]2ccccc2O3)cc1. The minimum absolute atomic E-state index is 0.919. The predicted octanol–water partition coefficient (Wildman–Crippen LogP) is 5.88. The van der Waals surface area contributed by atoms with Gasteiger partial charge in [0.15, 0.2) is 0 Å². The molecule has 3 nitrogen and oxygen atoms in total. The van der Waals surface area contributed by atoms with Crippen LogP contribution in [0.5, 0.6) is 23.0 Å². The molecular formula is C30H20GaNO2. The summed E-state index contributed by atoms with van der Waals surface area (Å²) >= 11 is -2.35. The van der Waals surface area contributed by atoms with Gasteiger partial charge < -0.3 is 0 Å². The Hall–Kier alpha value is -3.86. The fourth-order valence-corrected chi connectivity index (χ4v) is 12.0. The van der Waals surface area contributed by atoms with Crippen LogP contribution < -0.4 is 26.7 Å². The van der Waals surface area contributed by atoms with Crippen LogP contribution in [-0.2, 0) is 0 Å². The Kier molecular flexibility index (Phi) is 4.54. The Labute approximate surface area is 203 Å². The number of hydrogen-bond acceptors (Lipinski definition) is 3. The summed E-state index contributed by atoms with van der Waals surface area (Å²) in [5.74, 6) is 3.79. The number of anilines is 3. The van der Waals surface area contributed by atoms with Crippen molar-refractivity contribution < 1.29 is 9.47 Å². The molecule has 0 N–H and O–H groups in total. The third kappa shape index (κ3) is 3.07. The van der Waals surface area contributed by atoms with Crippen molar-refractivity contribution in [2.75, 3.05) is 4.90 Å². The van der Waals surface area contributed by atoms with E-state index in [4.69, 9.17) is 9.47 Å². The van der Waals surface area contributed by atoms with Gasteiger partial charge in [0.05, 0.1) is 0 Å². The molecule has 0 amide bonds. The van der Waals surface area contributed by atoms with E-state index >= 15 is 0 Å². The number of hydrogen-bond donors (Lipinski definition) is 0. The van der Waals surface area contributed by atoms with Crippen LogP contribution in [0, 0.1) is 0 Å². The van der Waals surface area contributed by atoms with Crippen molar-refractivity contribution >= 4 is 45.6 Å². The number of fused-ring (bicyclic) bond motifs is 4. The van der Waals surface area contributed by atoms with Gasteiger partial charge in [-0.1, -0.05) is 0 Å². The summed E-state index contributed by atoms with van der Waals surface area (Å²) in [6.45, 7) is 0. The van der Waals surface area contributed by atoms with E-state index < -0.39 is 16.2 Å². The number of ether oxygens (including phenoxy) is 2. The average Bonchev–Trinajstić information content (AvgIpc) is 2.90. The van der Waals surface area contributed by atoms with Crippen molar-refractivity contribution in [3.8, 4) is 23.0 Å². The number of para-hydroxylation sites is 4. The molecule has 0 aliphatic carbocycles. The summed E-state index contributed by atoms with van der Waals surface area (Å²) in [5.41, 5.74) is 3.20. The molecule has 0 saturated heterocycles. The summed E-state index contributed by atoms with van der Waals surface area (Å²) in [4.78, 5) is 2.26. The van der Waals surface area contributed by atoms with E-state index in [9.17, 15) is 0 Å². The second kappa shape index (κ2) is 7.87. The van der Waals surface area contributed by atoms with Gasteiger partial charge in [0.25, 0.3) is 0 Å². The molecule has 34 heavy (non-hydrogen) atoms. The van der Waals surface area contributed by atoms with Crippen LogP contribution in [0.4, 0.5) is 17.1 Å². The molecule has 2 aliphatic heterocycles. The maximum atomic E-state index is 6.54. The zero-order chi connectivity index (χ0) is 22.5. The van der Waals surface area contributed by atoms with Crippen molar-refractivity contribution in [2.45, 2.75) is 0 Å². The van der Waals surface area contributed by atoms with Crippen molar-refractivity contribution in [2.24, 2.45) is 0 Å². The van der Waals surface area contributed by atoms with Gasteiger partial charge in [-0.25, -0.2) is 0 Å². The average molecular weight is 496 g/mol. The van der Waals surface area contributed by atoms with E-state index in [2.05, 4.69) is 114 Å². The van der Waals surface area contributed by atoms with Gasteiger partial charge in [0.2, 0.25) is 0 Å². The molecule has 0 atom stereocenters. The number of rotatable bonds is 3. The summed E-state index contributed by atoms with van der Waals surface area (Å²) in [7, 11) is 0. The van der Waals surface area contributed by atoms with E-state index in [1.807, 2.05) is 12.1 Å². The molecule has 0 saturated carbocycles. The topological polar surface area (TPSA) is 21.7 Å². The molecule has 5 aromatic carbocycles. The summed E-state index contributed by atoms with van der Waals surface area (Å²) < 4.78 is 17.1. The molecule has 160 valence electrons. The van der Waals surface area contributed by atoms with E-state index in [-0.39, 0.29) is 0 Å². The summed E-state index contributed by atoms with van der Waals surface area (Å²) in [6, 6.07) is 42.3. The van der Waals surface area contributed by atoms with Crippen LogP contribution in [0.2, 0.25) is 0 Å². The standard InChI is InChI=1S/C30H20NO2.Ga/c1-5-13-24(14-6-1)31(25-15-7-2-8-16-25)26-21-29(32-27-17-9-3-10-18-27)23-30(22-26)33-28-19-11-4-12-20-28;/h1-17,19,21-22H;. The Bertz CT molecular complexity index is 1410. The van der Waals surface area contributed by atoms with Crippen LogP contribution in [0.25, 0.3) is 0 Å². The first kappa shape index (κ1) is 19.6. The molecular weight excluding hydrogens is 476 g/mol. The van der Waals surface area contributed by atoms with Gasteiger partial charge >= 0.3 is 204 Å². The molecule has 0 unspecified atom stereocenters. The van der Waals surface area contributed by atoms with Crippen molar-refractivity contribution in [1.29, 1.82) is 0 Å². The van der Waals surface area contributed by atoms with Crippen LogP contribution in [-0.4, -0.2) is 16.2 Å². The molecule has 0 spiro atoms. The monoisotopic (exact) mass is 495 g/mol. The zero-order valence-electron chi connectivity index (χ0n) is 18.4. The molecule has 0 bridgehead atoms. The summed E-state index contributed by atoms with van der Waals surface area (Å²) in [6.07, 6.45) is 0. The van der Waals surface area contributed by atoms with Gasteiger partial charge in [-0.15, -0.1) is 0 Å². The Balaban J connectivity index is 1.47. The van der Waals surface area contributed by atoms with E-state index in [1.165, 1.54) is 12.4 Å². The van der Waals surface area contributed by atoms with E-state index in [0.29, 0.717) is 0 Å². The van der Waals surface area contributed by atoms with Crippen molar-refractivity contribution in [3.63, 3.8) is 0 Å². The van der Waals surface area contributed by atoms with Gasteiger partial charge in [0.1, 0.15) is 0 Å². The van der Waals surface area contributed by atoms with Gasteiger partial charge in [-0.3, -0.25) is 0 Å². The van der Waals surface area contributed by atoms with Crippen LogP contribution in [0.1, 0.15) is 0 Å². The predicted molar refractivity (Wildman–Crippen MR) is 139 cm³/mol. The van der Waals surface area contributed by atoms with Gasteiger partial charge in [0, 0.05) is 0 Å². The summed E-state index contributed by atoms with van der Waals surface area (Å²) in [5, 5.41) is 0. The molecule has 0 fully saturated rings. The third-order valence-corrected chi connectivity index (χ3v) is 13.6. The first-order valence-electron chi connectivity index (χ1n) is 11.5. The zero-order valence-corrected chi connectivity index (χ0v) is 20.8. The molecule has 7 rings (SSSR count). The first-order chi connectivity index (χ1) is 16.9. The molecule has 4 heteroatoms.